The average Bonchev–Trinajstić information content (AvgIpc) is 2.69. The van der Waals surface area contributed by atoms with E-state index in [2.05, 4.69) is 11.8 Å². The number of phenolic OH excluding ortho intramolecular Hbond substituents is 1. The number of halogens is 1. The molecule has 0 spiro atoms. The number of nitrogens with zero attached hydrogens (tertiary/aromatic N) is 2. The molecule has 2 aromatic carbocycles. The molecule has 6 heteroatoms. The van der Waals surface area contributed by atoms with Crippen LogP contribution in [0.15, 0.2) is 51.9 Å². The first kappa shape index (κ1) is 17.5. The second-order valence-electron chi connectivity index (χ2n) is 6.75. The van der Waals surface area contributed by atoms with E-state index in [1.54, 1.807) is 12.1 Å². The quantitative estimate of drug-likeness (QED) is 0.767. The predicted octanol–water partition coefficient (Wildman–Crippen LogP) is 3.45. The molecule has 0 unspecified atom stereocenters. The Balaban J connectivity index is 1.73. The molecule has 3 aromatic rings. The van der Waals surface area contributed by atoms with Crippen LogP contribution >= 0.6 is 0 Å². The summed E-state index contributed by atoms with van der Waals surface area (Å²) in [6.07, 6.45) is 1.37. The van der Waals surface area contributed by atoms with Gasteiger partial charge in [0.05, 0.1) is 16.6 Å². The van der Waals surface area contributed by atoms with Crippen LogP contribution in [-0.4, -0.2) is 42.7 Å². The van der Waals surface area contributed by atoms with E-state index in [0.29, 0.717) is 27.8 Å². The number of anilines is 1. The highest BCUT2D eigenvalue weighted by molar-refractivity contribution is 5.83. The molecular weight excluding hydrogens is 347 g/mol. The van der Waals surface area contributed by atoms with Crippen LogP contribution in [0, 0.1) is 5.82 Å². The zero-order valence-electron chi connectivity index (χ0n) is 15.1. The van der Waals surface area contributed by atoms with Crippen molar-refractivity contribution in [2.45, 2.75) is 6.92 Å². The van der Waals surface area contributed by atoms with E-state index in [1.165, 1.54) is 30.5 Å². The predicted molar refractivity (Wildman–Crippen MR) is 104 cm³/mol. The molecule has 0 amide bonds. The van der Waals surface area contributed by atoms with Crippen LogP contribution in [0.4, 0.5) is 10.1 Å². The lowest BCUT2D eigenvalue weighted by Gasteiger charge is -2.35. The molecule has 1 N–H and O–H groups in total. The van der Waals surface area contributed by atoms with Gasteiger partial charge in [-0.25, -0.2) is 4.39 Å². The lowest BCUT2D eigenvalue weighted by Crippen LogP contribution is -2.46. The Morgan fingerprint density at radius 1 is 1.11 bits per heavy atom. The van der Waals surface area contributed by atoms with E-state index >= 15 is 0 Å². The molecule has 0 atom stereocenters. The normalized spacial score (nSPS) is 15.4. The third-order valence-electron chi connectivity index (χ3n) is 5.18. The Morgan fingerprint density at radius 2 is 1.89 bits per heavy atom. The molecule has 1 aliphatic rings. The first-order valence-corrected chi connectivity index (χ1v) is 9.08. The van der Waals surface area contributed by atoms with E-state index in [0.717, 1.165) is 32.7 Å². The fourth-order valence-corrected chi connectivity index (χ4v) is 3.54. The van der Waals surface area contributed by atoms with Crippen molar-refractivity contribution in [1.29, 1.82) is 0 Å². The van der Waals surface area contributed by atoms with Crippen molar-refractivity contribution in [3.63, 3.8) is 0 Å². The molecule has 0 bridgehead atoms. The van der Waals surface area contributed by atoms with E-state index in [4.69, 9.17) is 4.42 Å². The van der Waals surface area contributed by atoms with Gasteiger partial charge in [0, 0.05) is 32.2 Å². The smallest absolute Gasteiger partial charge is 0.200 e. The van der Waals surface area contributed by atoms with Crippen molar-refractivity contribution in [2.24, 2.45) is 0 Å². The molecule has 1 aliphatic heterocycles. The summed E-state index contributed by atoms with van der Waals surface area (Å²) in [7, 11) is 0. The monoisotopic (exact) mass is 368 g/mol. The summed E-state index contributed by atoms with van der Waals surface area (Å²) >= 11 is 0. The van der Waals surface area contributed by atoms with Crippen molar-refractivity contribution in [2.75, 3.05) is 37.6 Å². The lowest BCUT2D eigenvalue weighted by atomic mass is 10.0. The number of fused-ring (bicyclic) bond motifs is 1. The third kappa shape index (κ3) is 3.28. The molecule has 0 saturated carbocycles. The van der Waals surface area contributed by atoms with Crippen LogP contribution in [0.1, 0.15) is 6.92 Å². The summed E-state index contributed by atoms with van der Waals surface area (Å²) in [6, 6.07) is 9.11. The summed E-state index contributed by atoms with van der Waals surface area (Å²) in [5, 5.41) is 9.92. The SMILES string of the molecule is CCN1CCN(c2cc(-c3coc4cc(O)ccc4c3=O)ccc2F)CC1. The number of benzene rings is 2. The summed E-state index contributed by atoms with van der Waals surface area (Å²) in [5.74, 6) is -0.257. The molecule has 0 radical (unpaired) electrons. The highest BCUT2D eigenvalue weighted by Gasteiger charge is 2.20. The Morgan fingerprint density at radius 3 is 2.63 bits per heavy atom. The molecule has 1 fully saturated rings. The minimum absolute atomic E-state index is 0.0358. The van der Waals surface area contributed by atoms with Crippen molar-refractivity contribution < 1.29 is 13.9 Å². The molecule has 4 rings (SSSR count). The molecule has 2 heterocycles. The number of hydrogen-bond donors (Lipinski definition) is 1. The Bertz CT molecular complexity index is 1040. The number of phenols is 1. The van der Waals surface area contributed by atoms with Crippen molar-refractivity contribution >= 4 is 16.7 Å². The van der Waals surface area contributed by atoms with Gasteiger partial charge in [-0.2, -0.15) is 0 Å². The molecular formula is C21H21FN2O3. The molecule has 1 saturated heterocycles. The van der Waals surface area contributed by atoms with E-state index < -0.39 is 0 Å². The molecule has 27 heavy (non-hydrogen) atoms. The van der Waals surface area contributed by atoms with E-state index in [1.807, 2.05) is 4.90 Å². The Labute approximate surface area is 156 Å². The van der Waals surface area contributed by atoms with Crippen LogP contribution in [-0.2, 0) is 0 Å². The van der Waals surface area contributed by atoms with Gasteiger partial charge >= 0.3 is 0 Å². The zero-order valence-corrected chi connectivity index (χ0v) is 15.1. The maximum atomic E-state index is 14.5. The third-order valence-corrected chi connectivity index (χ3v) is 5.18. The Hall–Kier alpha value is -2.86. The summed E-state index contributed by atoms with van der Waals surface area (Å²) in [6.45, 7) is 6.39. The molecule has 140 valence electrons. The van der Waals surface area contributed by atoms with Crippen LogP contribution in [0.5, 0.6) is 5.75 Å². The van der Waals surface area contributed by atoms with Gasteiger partial charge < -0.3 is 19.3 Å². The van der Waals surface area contributed by atoms with Crippen molar-refractivity contribution in [3.8, 4) is 16.9 Å². The number of rotatable bonds is 3. The van der Waals surface area contributed by atoms with Crippen LogP contribution in [0.2, 0.25) is 0 Å². The number of hydrogen-bond acceptors (Lipinski definition) is 5. The van der Waals surface area contributed by atoms with E-state index in [-0.39, 0.29) is 17.0 Å². The van der Waals surface area contributed by atoms with Crippen LogP contribution < -0.4 is 10.3 Å². The summed E-state index contributed by atoms with van der Waals surface area (Å²) in [5.41, 5.74) is 1.62. The number of likely N-dealkylation sites (N-methyl/N-ethyl adjacent to an activating group) is 1. The van der Waals surface area contributed by atoms with E-state index in [9.17, 15) is 14.3 Å². The maximum Gasteiger partial charge on any atom is 0.200 e. The minimum Gasteiger partial charge on any atom is -0.508 e. The molecule has 1 aromatic heterocycles. The first-order valence-electron chi connectivity index (χ1n) is 9.08. The topological polar surface area (TPSA) is 56.9 Å². The maximum absolute atomic E-state index is 14.5. The van der Waals surface area contributed by atoms with Gasteiger partial charge in [0.2, 0.25) is 0 Å². The fraction of sp³-hybridized carbons (Fsp3) is 0.286. The van der Waals surface area contributed by atoms with Crippen molar-refractivity contribution in [3.05, 3.63) is 58.7 Å². The van der Waals surface area contributed by atoms with Gasteiger partial charge in [0.1, 0.15) is 23.4 Å². The van der Waals surface area contributed by atoms with Crippen molar-refractivity contribution in [1.82, 2.24) is 4.90 Å². The van der Waals surface area contributed by atoms with Gasteiger partial charge in [0.25, 0.3) is 0 Å². The van der Waals surface area contributed by atoms with Crippen LogP contribution in [0.25, 0.3) is 22.1 Å². The van der Waals surface area contributed by atoms with Crippen LogP contribution in [0.3, 0.4) is 0 Å². The number of piperazine rings is 1. The lowest BCUT2D eigenvalue weighted by molar-refractivity contribution is 0.270. The first-order chi connectivity index (χ1) is 13.1. The minimum atomic E-state index is -0.293. The second kappa shape index (κ2) is 7.04. The number of aromatic hydroxyl groups is 1. The molecule has 5 nitrogen and oxygen atoms in total. The zero-order chi connectivity index (χ0) is 19.0. The standard InChI is InChI=1S/C21H21FN2O3/c1-2-23-7-9-24(10-8-23)19-11-14(3-6-18(19)22)17-13-27-20-12-15(25)4-5-16(20)21(17)26/h3-6,11-13,25H,2,7-10H2,1H3. The van der Waals surface area contributed by atoms with Gasteiger partial charge in [-0.15, -0.1) is 0 Å². The highest BCUT2D eigenvalue weighted by Crippen LogP contribution is 2.28. The highest BCUT2D eigenvalue weighted by atomic mass is 19.1. The summed E-state index contributed by atoms with van der Waals surface area (Å²) < 4.78 is 20.0. The van der Waals surface area contributed by atoms with Gasteiger partial charge in [-0.05, 0) is 36.4 Å². The average molecular weight is 368 g/mol. The fourth-order valence-electron chi connectivity index (χ4n) is 3.54. The second-order valence-corrected chi connectivity index (χ2v) is 6.75. The van der Waals surface area contributed by atoms with Gasteiger partial charge in [0.15, 0.2) is 5.43 Å². The van der Waals surface area contributed by atoms with Gasteiger partial charge in [-0.3, -0.25) is 4.79 Å². The van der Waals surface area contributed by atoms with Gasteiger partial charge in [-0.1, -0.05) is 13.0 Å². The Kier molecular flexibility index (Phi) is 4.58. The molecule has 0 aliphatic carbocycles. The summed E-state index contributed by atoms with van der Waals surface area (Å²) in [4.78, 5) is 17.2. The largest absolute Gasteiger partial charge is 0.508 e.